The fourth-order valence-electron chi connectivity index (χ4n) is 3.66. The van der Waals surface area contributed by atoms with Gasteiger partial charge in [-0.1, -0.05) is 18.2 Å². The molecule has 1 fully saturated rings. The Kier molecular flexibility index (Phi) is 7.39. The molecule has 1 aliphatic rings. The number of nitro benzene ring substituents is 1. The lowest BCUT2D eigenvalue weighted by Crippen LogP contribution is -2.40. The predicted molar refractivity (Wildman–Crippen MR) is 118 cm³/mol. The fraction of sp³-hybridized carbons (Fsp3) is 0.348. The highest BCUT2D eigenvalue weighted by Crippen LogP contribution is 2.32. The van der Waals surface area contributed by atoms with Gasteiger partial charge in [-0.05, 0) is 44.0 Å². The lowest BCUT2D eigenvalue weighted by molar-refractivity contribution is -0.384. The van der Waals surface area contributed by atoms with Crippen LogP contribution >= 0.6 is 0 Å². The van der Waals surface area contributed by atoms with Gasteiger partial charge in [-0.3, -0.25) is 14.9 Å². The number of carbonyl (C=O) groups excluding carboxylic acids is 2. The van der Waals surface area contributed by atoms with Crippen molar-refractivity contribution in [2.24, 2.45) is 0 Å². The van der Waals surface area contributed by atoms with E-state index in [-0.39, 0.29) is 24.2 Å². The van der Waals surface area contributed by atoms with Gasteiger partial charge in [0.2, 0.25) is 0 Å². The predicted octanol–water partition coefficient (Wildman–Crippen LogP) is 3.69. The zero-order valence-corrected chi connectivity index (χ0v) is 17.8. The molecular formula is C23H24N4O5. The molecule has 0 N–H and O–H groups in total. The summed E-state index contributed by atoms with van der Waals surface area (Å²) in [6, 6.07) is 15.0. The van der Waals surface area contributed by atoms with E-state index < -0.39 is 22.9 Å². The van der Waals surface area contributed by atoms with Crippen molar-refractivity contribution in [3.8, 4) is 6.07 Å². The maximum atomic E-state index is 12.9. The minimum Gasteiger partial charge on any atom is -0.449 e. The lowest BCUT2D eigenvalue weighted by atomic mass is 10.1. The molecule has 1 atom stereocenters. The SMILES string of the molecule is CC(OC(=O)c1ccc(N2CCCC2)c([N+](=O)[O-])c1)C(=O)N(CCC#N)c1ccccc1. The summed E-state index contributed by atoms with van der Waals surface area (Å²) in [5.74, 6) is -1.31. The zero-order valence-electron chi connectivity index (χ0n) is 17.8. The van der Waals surface area contributed by atoms with Crippen LogP contribution in [0.5, 0.6) is 0 Å². The van der Waals surface area contributed by atoms with Gasteiger partial charge >= 0.3 is 5.97 Å². The van der Waals surface area contributed by atoms with Crippen LogP contribution in [0, 0.1) is 21.4 Å². The molecule has 1 unspecified atom stereocenters. The Labute approximate surface area is 185 Å². The van der Waals surface area contributed by atoms with Crippen LogP contribution in [0.25, 0.3) is 0 Å². The highest BCUT2D eigenvalue weighted by Gasteiger charge is 2.28. The van der Waals surface area contributed by atoms with Crippen LogP contribution in [0.3, 0.4) is 0 Å². The van der Waals surface area contributed by atoms with Crippen molar-refractivity contribution in [2.45, 2.75) is 32.3 Å². The van der Waals surface area contributed by atoms with Crippen molar-refractivity contribution in [3.05, 3.63) is 64.2 Å². The number of nitriles is 1. The fourth-order valence-corrected chi connectivity index (χ4v) is 3.66. The van der Waals surface area contributed by atoms with Crippen molar-refractivity contribution >= 4 is 28.9 Å². The first-order valence-corrected chi connectivity index (χ1v) is 10.4. The number of hydrogen-bond donors (Lipinski definition) is 0. The number of carbonyl (C=O) groups is 2. The molecular weight excluding hydrogens is 412 g/mol. The normalized spacial score (nSPS) is 13.8. The Morgan fingerprint density at radius 3 is 2.53 bits per heavy atom. The number of esters is 1. The molecule has 0 radical (unpaired) electrons. The van der Waals surface area contributed by atoms with E-state index in [1.807, 2.05) is 11.0 Å². The summed E-state index contributed by atoms with van der Waals surface area (Å²) < 4.78 is 5.33. The highest BCUT2D eigenvalue weighted by atomic mass is 16.6. The van der Waals surface area contributed by atoms with Crippen molar-refractivity contribution in [1.29, 1.82) is 5.26 Å². The zero-order chi connectivity index (χ0) is 23.1. The van der Waals surface area contributed by atoms with Gasteiger partial charge in [0.1, 0.15) is 5.69 Å². The third-order valence-corrected chi connectivity index (χ3v) is 5.27. The molecule has 0 bridgehead atoms. The largest absolute Gasteiger partial charge is 0.449 e. The Morgan fingerprint density at radius 1 is 1.22 bits per heavy atom. The molecule has 1 saturated heterocycles. The third kappa shape index (κ3) is 5.21. The first-order chi connectivity index (χ1) is 15.4. The second kappa shape index (κ2) is 10.4. The molecule has 2 aromatic rings. The van der Waals surface area contributed by atoms with E-state index in [1.54, 1.807) is 36.4 Å². The van der Waals surface area contributed by atoms with Gasteiger partial charge < -0.3 is 14.5 Å². The summed E-state index contributed by atoms with van der Waals surface area (Å²) in [6.07, 6.45) is 0.902. The monoisotopic (exact) mass is 436 g/mol. The summed E-state index contributed by atoms with van der Waals surface area (Å²) in [5.41, 5.74) is 0.893. The molecule has 3 rings (SSSR count). The standard InChI is InChI=1S/C23H24N4O5/c1-17(22(28)26(15-7-12-24)19-8-3-2-4-9-19)32-23(29)18-10-11-20(21(16-18)27(30)31)25-13-5-6-14-25/h2-4,8-11,16-17H,5-7,13-15H2,1H3. The average Bonchev–Trinajstić information content (AvgIpc) is 3.34. The summed E-state index contributed by atoms with van der Waals surface area (Å²) in [7, 11) is 0. The van der Waals surface area contributed by atoms with Crippen molar-refractivity contribution in [3.63, 3.8) is 0 Å². The second-order valence-corrected chi connectivity index (χ2v) is 7.44. The molecule has 2 aromatic carbocycles. The highest BCUT2D eigenvalue weighted by molar-refractivity contribution is 5.99. The number of rotatable bonds is 8. The van der Waals surface area contributed by atoms with Crippen molar-refractivity contribution in [1.82, 2.24) is 0 Å². The van der Waals surface area contributed by atoms with Crippen LogP contribution in [0.2, 0.25) is 0 Å². The molecule has 9 heteroatoms. The van der Waals surface area contributed by atoms with Crippen molar-refractivity contribution in [2.75, 3.05) is 29.4 Å². The molecule has 1 aliphatic heterocycles. The van der Waals surface area contributed by atoms with Gasteiger partial charge in [-0.15, -0.1) is 0 Å². The first kappa shape index (κ1) is 22.7. The van der Waals surface area contributed by atoms with E-state index in [4.69, 9.17) is 10.00 Å². The number of nitro groups is 1. The van der Waals surface area contributed by atoms with Gasteiger partial charge in [0.15, 0.2) is 6.10 Å². The molecule has 9 nitrogen and oxygen atoms in total. The smallest absolute Gasteiger partial charge is 0.339 e. The molecule has 0 aromatic heterocycles. The molecule has 1 heterocycles. The minimum absolute atomic E-state index is 0.00239. The van der Waals surface area contributed by atoms with Crippen LogP contribution in [-0.2, 0) is 9.53 Å². The maximum Gasteiger partial charge on any atom is 0.339 e. The quantitative estimate of drug-likeness (QED) is 0.352. The Morgan fingerprint density at radius 2 is 1.91 bits per heavy atom. The molecule has 166 valence electrons. The van der Waals surface area contributed by atoms with Gasteiger partial charge in [0, 0.05) is 31.4 Å². The van der Waals surface area contributed by atoms with Crippen LogP contribution < -0.4 is 9.80 Å². The summed E-state index contributed by atoms with van der Waals surface area (Å²) in [4.78, 5) is 40.0. The van der Waals surface area contributed by atoms with E-state index in [9.17, 15) is 19.7 Å². The number of benzene rings is 2. The molecule has 0 saturated carbocycles. The van der Waals surface area contributed by atoms with Crippen LogP contribution in [-0.4, -0.2) is 42.5 Å². The van der Waals surface area contributed by atoms with Crippen molar-refractivity contribution < 1.29 is 19.2 Å². The van der Waals surface area contributed by atoms with Crippen LogP contribution in [0.15, 0.2) is 48.5 Å². The molecule has 0 aliphatic carbocycles. The van der Waals surface area contributed by atoms with Gasteiger partial charge in [-0.2, -0.15) is 5.26 Å². The van der Waals surface area contributed by atoms with E-state index >= 15 is 0 Å². The van der Waals surface area contributed by atoms with Gasteiger partial charge in [0.05, 0.1) is 23.0 Å². The van der Waals surface area contributed by atoms with Gasteiger partial charge in [-0.25, -0.2) is 4.79 Å². The summed E-state index contributed by atoms with van der Waals surface area (Å²) in [5, 5.41) is 20.5. The lowest BCUT2D eigenvalue weighted by Gasteiger charge is -2.25. The maximum absolute atomic E-state index is 12.9. The summed E-state index contributed by atoms with van der Waals surface area (Å²) in [6.45, 7) is 3.05. The Bertz CT molecular complexity index is 1030. The molecule has 1 amide bonds. The first-order valence-electron chi connectivity index (χ1n) is 10.4. The Balaban J connectivity index is 1.76. The Hall–Kier alpha value is -3.93. The summed E-state index contributed by atoms with van der Waals surface area (Å²) >= 11 is 0. The van der Waals surface area contributed by atoms with Gasteiger partial charge in [0.25, 0.3) is 11.6 Å². The van der Waals surface area contributed by atoms with Crippen LogP contribution in [0.4, 0.5) is 17.1 Å². The number of nitrogens with zero attached hydrogens (tertiary/aromatic N) is 4. The van der Waals surface area contributed by atoms with E-state index in [1.165, 1.54) is 24.0 Å². The van der Waals surface area contributed by atoms with E-state index in [2.05, 4.69) is 0 Å². The number of para-hydroxylation sites is 1. The van der Waals surface area contributed by atoms with Crippen LogP contribution in [0.1, 0.15) is 36.5 Å². The average molecular weight is 436 g/mol. The number of ether oxygens (including phenoxy) is 1. The number of amides is 1. The minimum atomic E-state index is -1.14. The van der Waals surface area contributed by atoms with E-state index in [0.717, 1.165) is 25.9 Å². The molecule has 32 heavy (non-hydrogen) atoms. The number of anilines is 2. The molecule has 0 spiro atoms. The van der Waals surface area contributed by atoms with E-state index in [0.29, 0.717) is 11.4 Å². The second-order valence-electron chi connectivity index (χ2n) is 7.44. The third-order valence-electron chi connectivity index (χ3n) is 5.27. The number of hydrogen-bond acceptors (Lipinski definition) is 7. The topological polar surface area (TPSA) is 117 Å².